The van der Waals surface area contributed by atoms with Crippen LogP contribution in [0.4, 0.5) is 0 Å². The molecule has 4 fully saturated rings. The number of aliphatic hydroxyl groups excluding tert-OH is 1. The molecule has 120 valence electrons. The zero-order valence-electron chi connectivity index (χ0n) is 12.4. The molecule has 0 radical (unpaired) electrons. The molecule has 2 spiro atoms. The molecule has 22 heavy (non-hydrogen) atoms. The average molecular weight is 310 g/mol. The lowest BCUT2D eigenvalue weighted by Crippen LogP contribution is -2.80. The summed E-state index contributed by atoms with van der Waals surface area (Å²) in [4.78, 5) is 36.7. The van der Waals surface area contributed by atoms with E-state index in [1.807, 2.05) is 0 Å². The number of rotatable bonds is 0. The number of cyclic esters (lactones) is 1. The van der Waals surface area contributed by atoms with Gasteiger partial charge in [0.1, 0.15) is 29.5 Å². The normalized spacial score (nSPS) is 56.3. The number of aliphatic hydroxyl groups is 2. The Hall–Kier alpha value is -1.47. The fourth-order valence-corrected chi connectivity index (χ4v) is 5.37. The Morgan fingerprint density at radius 2 is 1.91 bits per heavy atom. The van der Waals surface area contributed by atoms with Crippen LogP contribution in [-0.4, -0.2) is 52.4 Å². The van der Waals surface area contributed by atoms with Crippen LogP contribution in [0.5, 0.6) is 0 Å². The van der Waals surface area contributed by atoms with Crippen LogP contribution in [0.15, 0.2) is 0 Å². The monoisotopic (exact) mass is 310 g/mol. The third-order valence-corrected chi connectivity index (χ3v) is 6.84. The lowest BCUT2D eigenvalue weighted by Gasteiger charge is -2.66. The molecule has 4 rings (SSSR count). The lowest BCUT2D eigenvalue weighted by molar-refractivity contribution is -0.321. The summed E-state index contributed by atoms with van der Waals surface area (Å²) in [5.74, 6) is -2.85. The van der Waals surface area contributed by atoms with Crippen molar-refractivity contribution in [2.75, 3.05) is 6.61 Å². The van der Waals surface area contributed by atoms with Crippen LogP contribution in [0, 0.1) is 22.7 Å². The van der Waals surface area contributed by atoms with Gasteiger partial charge in [0.15, 0.2) is 6.10 Å². The molecule has 1 unspecified atom stereocenters. The van der Waals surface area contributed by atoms with E-state index in [9.17, 15) is 24.6 Å². The highest BCUT2D eigenvalue weighted by Gasteiger charge is 2.84. The topological polar surface area (TPSA) is 110 Å². The zero-order chi connectivity index (χ0) is 16.1. The summed E-state index contributed by atoms with van der Waals surface area (Å²) < 4.78 is 10.2. The van der Waals surface area contributed by atoms with E-state index in [2.05, 4.69) is 0 Å². The predicted molar refractivity (Wildman–Crippen MR) is 69.2 cm³/mol. The maximum atomic E-state index is 12.4. The summed E-state index contributed by atoms with van der Waals surface area (Å²) in [6.07, 6.45) is -2.30. The minimum absolute atomic E-state index is 0.0218. The number of ether oxygens (including phenoxy) is 2. The molecular weight excluding hydrogens is 292 g/mol. The van der Waals surface area contributed by atoms with Crippen LogP contribution in [0.1, 0.15) is 26.7 Å². The first-order valence-corrected chi connectivity index (χ1v) is 7.53. The number of ketones is 1. The van der Waals surface area contributed by atoms with Crippen molar-refractivity contribution in [2.24, 2.45) is 22.7 Å². The van der Waals surface area contributed by atoms with Crippen molar-refractivity contribution in [1.29, 1.82) is 0 Å². The van der Waals surface area contributed by atoms with Crippen LogP contribution >= 0.6 is 0 Å². The van der Waals surface area contributed by atoms with Crippen LogP contribution in [0.25, 0.3) is 0 Å². The third kappa shape index (κ3) is 1.08. The molecule has 2 saturated carbocycles. The molecule has 2 heterocycles. The first kappa shape index (κ1) is 14.1. The van der Waals surface area contributed by atoms with Gasteiger partial charge in [-0.05, 0) is 6.42 Å². The Morgan fingerprint density at radius 3 is 2.45 bits per heavy atom. The summed E-state index contributed by atoms with van der Waals surface area (Å²) in [5.41, 5.74) is -4.45. The summed E-state index contributed by atoms with van der Waals surface area (Å²) >= 11 is 0. The van der Waals surface area contributed by atoms with Crippen LogP contribution in [-0.2, 0) is 23.9 Å². The summed E-state index contributed by atoms with van der Waals surface area (Å²) in [6, 6.07) is 0. The molecule has 7 atom stereocenters. The van der Waals surface area contributed by atoms with Crippen molar-refractivity contribution in [3.8, 4) is 0 Å². The highest BCUT2D eigenvalue weighted by molar-refractivity contribution is 5.94. The number of carbonyl (C=O) groups excluding carboxylic acids is 3. The minimum Gasteiger partial charge on any atom is -0.464 e. The van der Waals surface area contributed by atoms with Crippen molar-refractivity contribution in [2.45, 2.75) is 44.5 Å². The third-order valence-electron chi connectivity index (χ3n) is 6.84. The quantitative estimate of drug-likeness (QED) is 0.563. The molecule has 0 aromatic heterocycles. The molecule has 2 bridgehead atoms. The first-order chi connectivity index (χ1) is 10.2. The minimum atomic E-state index is -1.78. The molecule has 7 heteroatoms. The molecule has 2 N–H and O–H groups in total. The van der Waals surface area contributed by atoms with Crippen molar-refractivity contribution < 1.29 is 34.1 Å². The van der Waals surface area contributed by atoms with E-state index in [1.54, 1.807) is 13.8 Å². The standard InChI is InChI=1S/C15H18O7/c1-6-8(16)3-15(20)13(6)4-9(22-11(18)10(13)17)7(2)14(15)5-21-12(14)19/h6-7,9-10,17,20H,3-5H2,1-2H3/t6-,7-,9-,10+,13+,14-,15?/m1/s1. The second-order valence-corrected chi connectivity index (χ2v) is 7.18. The van der Waals surface area contributed by atoms with Gasteiger partial charge in [-0.2, -0.15) is 0 Å². The molecule has 0 aromatic rings. The van der Waals surface area contributed by atoms with Crippen molar-refractivity contribution >= 4 is 17.7 Å². The van der Waals surface area contributed by atoms with Crippen molar-refractivity contribution in [3.05, 3.63) is 0 Å². The van der Waals surface area contributed by atoms with Gasteiger partial charge < -0.3 is 19.7 Å². The van der Waals surface area contributed by atoms with Gasteiger partial charge in [0.2, 0.25) is 0 Å². The fourth-order valence-electron chi connectivity index (χ4n) is 5.37. The van der Waals surface area contributed by atoms with Gasteiger partial charge in [-0.1, -0.05) is 13.8 Å². The predicted octanol–water partition coefficient (Wildman–Crippen LogP) is -0.818. The lowest BCUT2D eigenvalue weighted by atomic mass is 9.44. The molecule has 4 aliphatic rings. The Bertz CT molecular complexity index is 615. The van der Waals surface area contributed by atoms with E-state index in [0.717, 1.165) is 0 Å². The van der Waals surface area contributed by atoms with Crippen LogP contribution in [0.2, 0.25) is 0 Å². The number of fused-ring (bicyclic) bond motifs is 2. The van der Waals surface area contributed by atoms with Gasteiger partial charge in [-0.15, -0.1) is 0 Å². The Balaban J connectivity index is 2.00. The molecule has 0 aromatic carbocycles. The highest BCUT2D eigenvalue weighted by Crippen LogP contribution is 2.70. The smallest absolute Gasteiger partial charge is 0.335 e. The number of esters is 2. The van der Waals surface area contributed by atoms with Gasteiger partial charge in [-0.25, -0.2) is 4.79 Å². The SMILES string of the molecule is C[C@@H]1C(=O)CC2(O)[C@@]13C[C@@H](OC(=O)[C@@H]3O)[C@@H](C)[C@@]21COC1=O. The van der Waals surface area contributed by atoms with E-state index in [0.29, 0.717) is 0 Å². The molecule has 0 amide bonds. The van der Waals surface area contributed by atoms with Gasteiger partial charge >= 0.3 is 11.9 Å². The van der Waals surface area contributed by atoms with Crippen molar-refractivity contribution in [1.82, 2.24) is 0 Å². The maximum Gasteiger partial charge on any atom is 0.335 e. The van der Waals surface area contributed by atoms with E-state index in [4.69, 9.17) is 9.47 Å². The summed E-state index contributed by atoms with van der Waals surface area (Å²) in [7, 11) is 0. The summed E-state index contributed by atoms with van der Waals surface area (Å²) in [6.45, 7) is 3.31. The maximum absolute atomic E-state index is 12.4. The number of carbonyl (C=O) groups is 3. The number of Topliss-reactive ketones (excluding diaryl/α,β-unsaturated/α-hetero) is 1. The van der Waals surface area contributed by atoms with Gasteiger partial charge in [-0.3, -0.25) is 9.59 Å². The molecule has 2 aliphatic carbocycles. The van der Waals surface area contributed by atoms with E-state index in [-0.39, 0.29) is 25.2 Å². The second-order valence-electron chi connectivity index (χ2n) is 7.18. The van der Waals surface area contributed by atoms with Crippen LogP contribution in [0.3, 0.4) is 0 Å². The van der Waals surface area contributed by atoms with Crippen molar-refractivity contribution in [3.63, 3.8) is 0 Å². The second kappa shape index (κ2) is 3.71. The number of hydrogen-bond donors (Lipinski definition) is 2. The van der Waals surface area contributed by atoms with Gasteiger partial charge in [0.25, 0.3) is 0 Å². The van der Waals surface area contributed by atoms with E-state index < -0.39 is 52.4 Å². The molecule has 7 nitrogen and oxygen atoms in total. The van der Waals surface area contributed by atoms with Gasteiger partial charge in [0, 0.05) is 18.3 Å². The molecule has 2 aliphatic heterocycles. The Labute approximate surface area is 126 Å². The average Bonchev–Trinajstić information content (AvgIpc) is 2.64. The van der Waals surface area contributed by atoms with Gasteiger partial charge in [0.05, 0.1) is 5.41 Å². The fraction of sp³-hybridized carbons (Fsp3) is 0.800. The highest BCUT2D eigenvalue weighted by atomic mass is 16.6. The molecular formula is C15H18O7. The van der Waals surface area contributed by atoms with E-state index >= 15 is 0 Å². The largest absolute Gasteiger partial charge is 0.464 e. The zero-order valence-corrected chi connectivity index (χ0v) is 12.4. The van der Waals surface area contributed by atoms with Crippen LogP contribution < -0.4 is 0 Å². The Morgan fingerprint density at radius 1 is 1.23 bits per heavy atom. The molecule has 2 saturated heterocycles. The van der Waals surface area contributed by atoms with E-state index in [1.165, 1.54) is 0 Å². The summed E-state index contributed by atoms with van der Waals surface area (Å²) in [5, 5.41) is 22.0. The number of hydrogen-bond acceptors (Lipinski definition) is 7. The first-order valence-electron chi connectivity index (χ1n) is 7.53. The Kier molecular flexibility index (Phi) is 2.38.